The molecule has 0 saturated carbocycles. The first-order chi connectivity index (χ1) is 7.65. The maximum absolute atomic E-state index is 11.2. The Morgan fingerprint density at radius 3 is 2.75 bits per heavy atom. The summed E-state index contributed by atoms with van der Waals surface area (Å²) in [6, 6.07) is 3.32. The van der Waals surface area contributed by atoms with Crippen molar-refractivity contribution in [1.82, 2.24) is 14.3 Å². The summed E-state index contributed by atoms with van der Waals surface area (Å²) in [5.74, 6) is 0. The number of hydrogen-bond acceptors (Lipinski definition) is 3. The van der Waals surface area contributed by atoms with Crippen LogP contribution in [0.1, 0.15) is 5.56 Å². The zero-order valence-electron chi connectivity index (χ0n) is 9.34. The summed E-state index contributed by atoms with van der Waals surface area (Å²) < 4.78 is 3.31. The molecule has 5 heteroatoms. The molecule has 0 atom stereocenters. The van der Waals surface area contributed by atoms with E-state index >= 15 is 0 Å². The van der Waals surface area contributed by atoms with Crippen molar-refractivity contribution in [3.8, 4) is 0 Å². The van der Waals surface area contributed by atoms with Gasteiger partial charge in [-0.2, -0.15) is 5.10 Å². The van der Waals surface area contributed by atoms with Crippen molar-refractivity contribution in [3.63, 3.8) is 0 Å². The molecule has 0 fully saturated rings. The van der Waals surface area contributed by atoms with E-state index < -0.39 is 0 Å². The molecule has 2 heterocycles. The fourth-order valence-electron chi connectivity index (χ4n) is 1.47. The largest absolute Gasteiger partial charge is 0.380 e. The number of hydrogen-bond donors (Lipinski definition) is 1. The summed E-state index contributed by atoms with van der Waals surface area (Å²) in [6.45, 7) is 0.700. The van der Waals surface area contributed by atoms with Crippen LogP contribution in [0.2, 0.25) is 0 Å². The minimum absolute atomic E-state index is 0.00747. The number of rotatable bonds is 3. The molecule has 84 valence electrons. The van der Waals surface area contributed by atoms with Gasteiger partial charge in [0.25, 0.3) is 0 Å². The third kappa shape index (κ3) is 2.31. The normalized spacial score (nSPS) is 10.4. The average Bonchev–Trinajstić information content (AvgIpc) is 2.66. The predicted molar refractivity (Wildman–Crippen MR) is 62.2 cm³/mol. The highest BCUT2D eigenvalue weighted by atomic mass is 16.1. The highest BCUT2D eigenvalue weighted by Crippen LogP contribution is 2.05. The summed E-state index contributed by atoms with van der Waals surface area (Å²) >= 11 is 0. The number of aryl methyl sites for hydroxylation is 2. The fraction of sp³-hybridized carbons (Fsp3) is 0.273. The van der Waals surface area contributed by atoms with E-state index in [1.165, 1.54) is 0 Å². The molecule has 0 aliphatic rings. The number of nitrogens with zero attached hydrogens (tertiary/aromatic N) is 3. The van der Waals surface area contributed by atoms with E-state index in [4.69, 9.17) is 0 Å². The first kappa shape index (κ1) is 10.5. The van der Waals surface area contributed by atoms with Gasteiger partial charge in [-0.05, 0) is 6.07 Å². The monoisotopic (exact) mass is 218 g/mol. The van der Waals surface area contributed by atoms with Crippen molar-refractivity contribution in [2.24, 2.45) is 14.1 Å². The van der Waals surface area contributed by atoms with Crippen LogP contribution in [0.3, 0.4) is 0 Å². The zero-order valence-corrected chi connectivity index (χ0v) is 9.34. The highest BCUT2D eigenvalue weighted by molar-refractivity contribution is 5.40. The van der Waals surface area contributed by atoms with Crippen LogP contribution in [-0.2, 0) is 20.6 Å². The van der Waals surface area contributed by atoms with Gasteiger partial charge in [-0.25, -0.2) is 0 Å². The second kappa shape index (κ2) is 4.22. The third-order valence-electron chi connectivity index (χ3n) is 2.34. The van der Waals surface area contributed by atoms with Gasteiger partial charge in [0.1, 0.15) is 0 Å². The number of pyridine rings is 1. The molecule has 2 aromatic rings. The van der Waals surface area contributed by atoms with Crippen LogP contribution in [-0.4, -0.2) is 14.3 Å². The molecule has 16 heavy (non-hydrogen) atoms. The number of nitrogens with one attached hydrogen (secondary N) is 1. The second-order valence-corrected chi connectivity index (χ2v) is 3.74. The Morgan fingerprint density at radius 2 is 2.12 bits per heavy atom. The zero-order chi connectivity index (χ0) is 11.5. The molecule has 0 unspecified atom stereocenters. The van der Waals surface area contributed by atoms with E-state index in [0.29, 0.717) is 6.54 Å². The van der Waals surface area contributed by atoms with Crippen LogP contribution >= 0.6 is 0 Å². The van der Waals surface area contributed by atoms with Gasteiger partial charge in [-0.15, -0.1) is 0 Å². The van der Waals surface area contributed by atoms with Gasteiger partial charge >= 0.3 is 0 Å². The van der Waals surface area contributed by atoms with Crippen LogP contribution < -0.4 is 10.9 Å². The third-order valence-corrected chi connectivity index (χ3v) is 2.34. The van der Waals surface area contributed by atoms with Gasteiger partial charge in [0.2, 0.25) is 5.56 Å². The second-order valence-electron chi connectivity index (χ2n) is 3.74. The molecule has 0 amide bonds. The lowest BCUT2D eigenvalue weighted by Gasteiger charge is -2.05. The molecule has 0 radical (unpaired) electrons. The molecular weight excluding hydrogens is 204 g/mol. The maximum Gasteiger partial charge on any atom is 0.250 e. The molecule has 0 bridgehead atoms. The van der Waals surface area contributed by atoms with Crippen molar-refractivity contribution in [1.29, 1.82) is 0 Å². The lowest BCUT2D eigenvalue weighted by Crippen LogP contribution is -2.15. The SMILES string of the molecule is Cn1cc(CNc2ccc(=O)n(C)c2)cn1. The van der Waals surface area contributed by atoms with E-state index in [-0.39, 0.29) is 5.56 Å². The quantitative estimate of drug-likeness (QED) is 0.826. The van der Waals surface area contributed by atoms with E-state index in [0.717, 1.165) is 11.3 Å². The van der Waals surface area contributed by atoms with E-state index in [1.807, 2.05) is 19.4 Å². The Balaban J connectivity index is 2.05. The molecule has 0 aliphatic heterocycles. The first-order valence-electron chi connectivity index (χ1n) is 5.03. The molecule has 0 aromatic carbocycles. The van der Waals surface area contributed by atoms with Gasteiger partial charge in [0.15, 0.2) is 0 Å². The van der Waals surface area contributed by atoms with Crippen molar-refractivity contribution < 1.29 is 0 Å². The fourth-order valence-corrected chi connectivity index (χ4v) is 1.47. The van der Waals surface area contributed by atoms with E-state index in [1.54, 1.807) is 34.6 Å². The summed E-state index contributed by atoms with van der Waals surface area (Å²) in [4.78, 5) is 11.2. The Morgan fingerprint density at radius 1 is 1.31 bits per heavy atom. The summed E-state index contributed by atoms with van der Waals surface area (Å²) in [7, 11) is 3.62. The molecule has 1 N–H and O–H groups in total. The molecule has 0 spiro atoms. The Bertz CT molecular complexity index is 541. The van der Waals surface area contributed by atoms with Crippen molar-refractivity contribution >= 4 is 5.69 Å². The number of anilines is 1. The molecule has 5 nitrogen and oxygen atoms in total. The Hall–Kier alpha value is -2.04. The van der Waals surface area contributed by atoms with Crippen LogP contribution in [0.4, 0.5) is 5.69 Å². The van der Waals surface area contributed by atoms with Crippen LogP contribution in [0, 0.1) is 0 Å². The standard InChI is InChI=1S/C11H14N4O/c1-14-8-10(3-4-11(14)16)12-5-9-6-13-15(2)7-9/h3-4,6-8,12H,5H2,1-2H3. The Kier molecular flexibility index (Phi) is 2.76. The highest BCUT2D eigenvalue weighted by Gasteiger charge is 1.97. The Labute approximate surface area is 93.3 Å². The molecule has 0 aliphatic carbocycles. The summed E-state index contributed by atoms with van der Waals surface area (Å²) in [5, 5.41) is 7.31. The smallest absolute Gasteiger partial charge is 0.250 e. The summed E-state index contributed by atoms with van der Waals surface area (Å²) in [6.07, 6.45) is 5.54. The van der Waals surface area contributed by atoms with E-state index in [9.17, 15) is 4.79 Å². The lowest BCUT2D eigenvalue weighted by molar-refractivity contribution is 0.767. The van der Waals surface area contributed by atoms with Gasteiger partial charge in [0, 0.05) is 44.7 Å². The molecular formula is C11H14N4O. The average molecular weight is 218 g/mol. The van der Waals surface area contributed by atoms with Crippen LogP contribution in [0.5, 0.6) is 0 Å². The lowest BCUT2D eigenvalue weighted by atomic mass is 10.3. The number of aromatic nitrogens is 3. The topological polar surface area (TPSA) is 51.9 Å². The van der Waals surface area contributed by atoms with Gasteiger partial charge in [-0.3, -0.25) is 9.48 Å². The molecule has 0 saturated heterocycles. The van der Waals surface area contributed by atoms with Gasteiger partial charge in [-0.1, -0.05) is 0 Å². The van der Waals surface area contributed by atoms with Crippen LogP contribution in [0.15, 0.2) is 35.5 Å². The van der Waals surface area contributed by atoms with Crippen LogP contribution in [0.25, 0.3) is 0 Å². The maximum atomic E-state index is 11.2. The molecule has 2 aromatic heterocycles. The minimum Gasteiger partial charge on any atom is -0.380 e. The first-order valence-corrected chi connectivity index (χ1v) is 5.03. The van der Waals surface area contributed by atoms with E-state index in [2.05, 4.69) is 10.4 Å². The van der Waals surface area contributed by atoms with Gasteiger partial charge < -0.3 is 9.88 Å². The predicted octanol–water partition coefficient (Wildman–Crippen LogP) is 0.731. The molecule has 2 rings (SSSR count). The van der Waals surface area contributed by atoms with Crippen molar-refractivity contribution in [2.45, 2.75) is 6.54 Å². The van der Waals surface area contributed by atoms with Crippen molar-refractivity contribution in [3.05, 3.63) is 46.6 Å². The summed E-state index contributed by atoms with van der Waals surface area (Å²) in [5.41, 5.74) is 2.02. The van der Waals surface area contributed by atoms with Crippen molar-refractivity contribution in [2.75, 3.05) is 5.32 Å². The van der Waals surface area contributed by atoms with Gasteiger partial charge in [0.05, 0.1) is 11.9 Å². The minimum atomic E-state index is -0.00747.